The summed E-state index contributed by atoms with van der Waals surface area (Å²) in [5, 5.41) is 0. The summed E-state index contributed by atoms with van der Waals surface area (Å²) in [6.45, 7) is 4.09. The molecule has 1 aliphatic heterocycles. The third-order valence-electron chi connectivity index (χ3n) is 5.36. The van der Waals surface area contributed by atoms with E-state index >= 15 is 0 Å². The van der Waals surface area contributed by atoms with Crippen molar-refractivity contribution < 1.29 is 8.42 Å². The second kappa shape index (κ2) is 8.19. The van der Waals surface area contributed by atoms with Crippen LogP contribution in [0.3, 0.4) is 0 Å². The molecule has 0 saturated carbocycles. The van der Waals surface area contributed by atoms with Crippen LogP contribution in [0.25, 0.3) is 11.4 Å². The monoisotopic (exact) mass is 415 g/mol. The normalized spacial score (nSPS) is 16.5. The molecule has 28 heavy (non-hydrogen) atoms. The first-order valence-electron chi connectivity index (χ1n) is 9.73. The molecule has 7 heteroatoms. The number of aromatic nitrogens is 2. The number of aryl methyl sites for hydroxylation is 1. The molecule has 1 saturated heterocycles. The van der Waals surface area contributed by atoms with Crippen LogP contribution in [0.2, 0.25) is 0 Å². The van der Waals surface area contributed by atoms with Crippen molar-refractivity contribution >= 4 is 21.4 Å². The number of hydrogen-bond donors (Lipinski definition) is 0. The smallest absolute Gasteiger partial charge is 0.252 e. The van der Waals surface area contributed by atoms with Crippen LogP contribution < -0.4 is 0 Å². The van der Waals surface area contributed by atoms with Gasteiger partial charge in [0.25, 0.3) is 10.0 Å². The van der Waals surface area contributed by atoms with E-state index in [0.717, 1.165) is 42.1 Å². The molecule has 0 radical (unpaired) electrons. The second-order valence-corrected chi connectivity index (χ2v) is 10.5. The number of hydrogen-bond acceptors (Lipinski definition) is 4. The van der Waals surface area contributed by atoms with E-state index in [1.807, 2.05) is 43.6 Å². The molecular formula is C21H25N3O2S2. The van der Waals surface area contributed by atoms with Crippen molar-refractivity contribution in [3.05, 3.63) is 59.7 Å². The average molecular weight is 416 g/mol. The summed E-state index contributed by atoms with van der Waals surface area (Å²) in [5.41, 5.74) is 1.11. The molecule has 0 spiro atoms. The summed E-state index contributed by atoms with van der Waals surface area (Å²) in [5.74, 6) is 1.43. The SMILES string of the molecule is CCc1ccc(S(=O)(=O)N2CCC(Cn3ccnc3-c3ccccc3)CC2)s1. The molecule has 5 nitrogen and oxygen atoms in total. The Bertz CT molecular complexity index is 1020. The molecule has 0 amide bonds. The Hall–Kier alpha value is -1.96. The lowest BCUT2D eigenvalue weighted by atomic mass is 9.98. The number of benzene rings is 1. The summed E-state index contributed by atoms with van der Waals surface area (Å²) in [6, 6.07) is 13.9. The average Bonchev–Trinajstić information content (AvgIpc) is 3.39. The van der Waals surface area contributed by atoms with Gasteiger partial charge in [-0.15, -0.1) is 11.3 Å². The van der Waals surface area contributed by atoms with Crippen LogP contribution in [0.4, 0.5) is 0 Å². The molecule has 1 aliphatic rings. The fourth-order valence-corrected chi connectivity index (χ4v) is 6.65. The van der Waals surface area contributed by atoms with Crippen LogP contribution in [0.15, 0.2) is 59.1 Å². The van der Waals surface area contributed by atoms with Crippen LogP contribution in [0.1, 0.15) is 24.6 Å². The predicted octanol–water partition coefficient (Wildman–Crippen LogP) is 4.27. The first kappa shape index (κ1) is 19.4. The van der Waals surface area contributed by atoms with Crippen molar-refractivity contribution in [1.29, 1.82) is 0 Å². The molecule has 2 aromatic heterocycles. The number of piperidine rings is 1. The maximum absolute atomic E-state index is 12.9. The zero-order valence-electron chi connectivity index (χ0n) is 16.0. The Morgan fingerprint density at radius 2 is 1.86 bits per heavy atom. The van der Waals surface area contributed by atoms with Crippen molar-refractivity contribution in [2.75, 3.05) is 13.1 Å². The highest BCUT2D eigenvalue weighted by atomic mass is 32.2. The van der Waals surface area contributed by atoms with Gasteiger partial charge in [0, 0.05) is 42.5 Å². The van der Waals surface area contributed by atoms with Gasteiger partial charge < -0.3 is 4.57 Å². The van der Waals surface area contributed by atoms with Crippen molar-refractivity contribution in [3.63, 3.8) is 0 Å². The van der Waals surface area contributed by atoms with Gasteiger partial charge in [-0.25, -0.2) is 13.4 Å². The number of thiophene rings is 1. The highest BCUT2D eigenvalue weighted by molar-refractivity contribution is 7.91. The Labute approximate surface area is 170 Å². The number of nitrogens with zero attached hydrogens (tertiary/aromatic N) is 3. The molecule has 1 aromatic carbocycles. The third kappa shape index (κ3) is 3.92. The molecule has 148 valence electrons. The van der Waals surface area contributed by atoms with Crippen LogP contribution >= 0.6 is 11.3 Å². The Morgan fingerprint density at radius 3 is 2.54 bits per heavy atom. The Balaban J connectivity index is 1.41. The van der Waals surface area contributed by atoms with Gasteiger partial charge in [0.1, 0.15) is 10.0 Å². The first-order valence-corrected chi connectivity index (χ1v) is 12.0. The zero-order chi connectivity index (χ0) is 19.6. The fraction of sp³-hybridized carbons (Fsp3) is 0.381. The molecule has 0 aliphatic carbocycles. The first-order chi connectivity index (χ1) is 13.6. The van der Waals surface area contributed by atoms with E-state index < -0.39 is 10.0 Å². The number of sulfonamides is 1. The maximum atomic E-state index is 12.9. The predicted molar refractivity (Wildman–Crippen MR) is 113 cm³/mol. The van der Waals surface area contributed by atoms with Crippen LogP contribution in [0, 0.1) is 5.92 Å². The third-order valence-corrected chi connectivity index (χ3v) is 8.95. The summed E-state index contributed by atoms with van der Waals surface area (Å²) in [7, 11) is -3.36. The van der Waals surface area contributed by atoms with Gasteiger partial charge in [-0.1, -0.05) is 37.3 Å². The molecule has 1 fully saturated rings. The lowest BCUT2D eigenvalue weighted by Crippen LogP contribution is -2.39. The lowest BCUT2D eigenvalue weighted by molar-refractivity contribution is 0.254. The molecule has 0 unspecified atom stereocenters. The van der Waals surface area contributed by atoms with Gasteiger partial charge in [-0.2, -0.15) is 4.31 Å². The van der Waals surface area contributed by atoms with E-state index in [1.165, 1.54) is 11.3 Å². The largest absolute Gasteiger partial charge is 0.331 e. The fourth-order valence-electron chi connectivity index (χ4n) is 3.73. The van der Waals surface area contributed by atoms with Crippen LogP contribution in [0.5, 0.6) is 0 Å². The van der Waals surface area contributed by atoms with Gasteiger partial charge in [0.05, 0.1) is 0 Å². The van der Waals surface area contributed by atoms with Crippen molar-refractivity contribution in [2.45, 2.75) is 36.9 Å². The van der Waals surface area contributed by atoms with E-state index in [4.69, 9.17) is 0 Å². The van der Waals surface area contributed by atoms with Crippen molar-refractivity contribution in [1.82, 2.24) is 13.9 Å². The summed E-state index contributed by atoms with van der Waals surface area (Å²) < 4.78 is 30.1. The minimum atomic E-state index is -3.36. The second-order valence-electron chi connectivity index (χ2n) is 7.19. The Kier molecular flexibility index (Phi) is 5.66. The van der Waals surface area contributed by atoms with Gasteiger partial charge >= 0.3 is 0 Å². The van der Waals surface area contributed by atoms with E-state index in [1.54, 1.807) is 10.4 Å². The molecule has 3 aromatic rings. The van der Waals surface area contributed by atoms with Gasteiger partial charge in [0.2, 0.25) is 0 Å². The molecule has 3 heterocycles. The van der Waals surface area contributed by atoms with E-state index in [0.29, 0.717) is 23.2 Å². The standard InChI is InChI=1S/C21H25N3O2S2/c1-2-19-8-9-20(27-19)28(25,26)24-13-10-17(11-14-24)16-23-15-12-22-21(23)18-6-4-3-5-7-18/h3-9,12,15,17H,2,10-11,13-14,16H2,1H3. The number of imidazole rings is 1. The van der Waals surface area contributed by atoms with Gasteiger partial charge in [-0.3, -0.25) is 0 Å². The summed E-state index contributed by atoms with van der Waals surface area (Å²) >= 11 is 1.40. The van der Waals surface area contributed by atoms with Gasteiger partial charge in [-0.05, 0) is 37.3 Å². The highest BCUT2D eigenvalue weighted by Crippen LogP contribution is 2.30. The van der Waals surface area contributed by atoms with E-state index in [9.17, 15) is 8.42 Å². The lowest BCUT2D eigenvalue weighted by Gasteiger charge is -2.31. The molecule has 4 rings (SSSR count). The quantitative estimate of drug-likeness (QED) is 0.604. The topological polar surface area (TPSA) is 55.2 Å². The van der Waals surface area contributed by atoms with Crippen molar-refractivity contribution in [3.8, 4) is 11.4 Å². The molecule has 0 bridgehead atoms. The summed E-state index contributed by atoms with van der Waals surface area (Å²) in [6.07, 6.45) is 6.47. The van der Waals surface area contributed by atoms with E-state index in [-0.39, 0.29) is 0 Å². The van der Waals surface area contributed by atoms with E-state index in [2.05, 4.69) is 21.7 Å². The molecule has 0 atom stereocenters. The minimum Gasteiger partial charge on any atom is -0.331 e. The summed E-state index contributed by atoms with van der Waals surface area (Å²) in [4.78, 5) is 5.63. The molecule has 0 N–H and O–H groups in total. The Morgan fingerprint density at radius 1 is 1.11 bits per heavy atom. The molecular weight excluding hydrogens is 390 g/mol. The minimum absolute atomic E-state index is 0.456. The number of rotatable bonds is 6. The van der Waals surface area contributed by atoms with Crippen LogP contribution in [-0.4, -0.2) is 35.4 Å². The zero-order valence-corrected chi connectivity index (χ0v) is 17.6. The van der Waals surface area contributed by atoms with Gasteiger partial charge in [0.15, 0.2) is 0 Å². The van der Waals surface area contributed by atoms with Crippen LogP contribution in [-0.2, 0) is 23.0 Å². The van der Waals surface area contributed by atoms with Crippen molar-refractivity contribution in [2.24, 2.45) is 5.92 Å². The maximum Gasteiger partial charge on any atom is 0.252 e. The highest BCUT2D eigenvalue weighted by Gasteiger charge is 2.30.